The van der Waals surface area contributed by atoms with E-state index in [0.717, 1.165) is 56.6 Å². The summed E-state index contributed by atoms with van der Waals surface area (Å²) in [6.07, 6.45) is 14.0. The maximum Gasteiger partial charge on any atom is 0.253 e. The van der Waals surface area contributed by atoms with Gasteiger partial charge in [0.1, 0.15) is 0 Å². The minimum Gasteiger partial charge on any atom is -0.371 e. The van der Waals surface area contributed by atoms with E-state index >= 15 is 0 Å². The van der Waals surface area contributed by atoms with Gasteiger partial charge in [0.15, 0.2) is 0 Å². The molecule has 0 unspecified atom stereocenters. The molecule has 0 bridgehead atoms. The Hall–Kier alpha value is -2.04. The van der Waals surface area contributed by atoms with Crippen LogP contribution in [0.2, 0.25) is 0 Å². The molecule has 1 aromatic carbocycles. The third kappa shape index (κ3) is 6.02. The number of amides is 2. The van der Waals surface area contributed by atoms with E-state index in [2.05, 4.69) is 21.6 Å². The lowest BCUT2D eigenvalue weighted by Crippen LogP contribution is -2.47. The maximum atomic E-state index is 12.9. The van der Waals surface area contributed by atoms with Crippen molar-refractivity contribution >= 4 is 17.5 Å². The van der Waals surface area contributed by atoms with Gasteiger partial charge in [-0.3, -0.25) is 9.59 Å². The number of carbonyl (C=O) groups is 2. The summed E-state index contributed by atoms with van der Waals surface area (Å²) in [5, 5.41) is 6.51. The average molecular weight is 426 g/mol. The monoisotopic (exact) mass is 425 g/mol. The van der Waals surface area contributed by atoms with Crippen LogP contribution in [0.25, 0.3) is 0 Å². The molecular weight excluding hydrogens is 386 g/mol. The van der Waals surface area contributed by atoms with E-state index in [1.807, 2.05) is 18.2 Å². The summed E-state index contributed by atoms with van der Waals surface area (Å²) < 4.78 is 0. The molecule has 2 saturated carbocycles. The molecule has 3 fully saturated rings. The smallest absolute Gasteiger partial charge is 0.253 e. The summed E-state index contributed by atoms with van der Waals surface area (Å²) in [6.45, 7) is 2.55. The van der Waals surface area contributed by atoms with Gasteiger partial charge in [0.2, 0.25) is 5.91 Å². The topological polar surface area (TPSA) is 61.4 Å². The number of hydrogen-bond acceptors (Lipinski definition) is 3. The molecule has 4 rings (SSSR count). The quantitative estimate of drug-likeness (QED) is 0.697. The number of hydrogen-bond donors (Lipinski definition) is 2. The normalized spacial score (nSPS) is 21.6. The van der Waals surface area contributed by atoms with Crippen LogP contribution in [0.4, 0.5) is 5.69 Å². The molecule has 1 aromatic rings. The highest BCUT2D eigenvalue weighted by molar-refractivity contribution is 5.99. The number of piperidine rings is 1. The lowest BCUT2D eigenvalue weighted by molar-refractivity contribution is -0.126. The second kappa shape index (κ2) is 11.0. The van der Waals surface area contributed by atoms with Crippen LogP contribution in [0.15, 0.2) is 24.3 Å². The van der Waals surface area contributed by atoms with E-state index in [0.29, 0.717) is 5.92 Å². The predicted molar refractivity (Wildman–Crippen MR) is 125 cm³/mol. The zero-order chi connectivity index (χ0) is 21.5. The number of rotatable bonds is 6. The molecule has 2 amide bonds. The lowest BCUT2D eigenvalue weighted by atomic mass is 9.88. The first-order valence-corrected chi connectivity index (χ1v) is 12.6. The number of nitrogens with one attached hydrogen (secondary N) is 2. The van der Waals surface area contributed by atoms with Crippen LogP contribution < -0.4 is 15.5 Å². The standard InChI is InChI=1S/C26H39N3O2/c30-25(21-11-5-2-6-12-21)28-22-15-17-29(18-16-22)24-14-8-7-13-23(24)26(31)27-19-20-9-3-1-4-10-20/h7-8,13-14,20-22H,1-6,9-12,15-19H2,(H,27,31)(H,28,30). The van der Waals surface area contributed by atoms with Gasteiger partial charge in [-0.05, 0) is 56.6 Å². The van der Waals surface area contributed by atoms with E-state index in [1.54, 1.807) is 0 Å². The van der Waals surface area contributed by atoms with Gasteiger partial charge >= 0.3 is 0 Å². The van der Waals surface area contributed by atoms with Crippen LogP contribution in [0.1, 0.15) is 87.4 Å². The first-order valence-electron chi connectivity index (χ1n) is 12.6. The van der Waals surface area contributed by atoms with Crippen molar-refractivity contribution in [1.82, 2.24) is 10.6 Å². The number of carbonyl (C=O) groups excluding carboxylic acids is 2. The molecule has 1 saturated heterocycles. The first-order chi connectivity index (χ1) is 15.2. The minimum absolute atomic E-state index is 0.0499. The minimum atomic E-state index is 0.0499. The van der Waals surface area contributed by atoms with Gasteiger partial charge in [0, 0.05) is 37.3 Å². The number of anilines is 1. The molecular formula is C26H39N3O2. The second-order valence-electron chi connectivity index (χ2n) is 9.84. The molecule has 5 nitrogen and oxygen atoms in total. The van der Waals surface area contributed by atoms with Crippen molar-refractivity contribution in [3.05, 3.63) is 29.8 Å². The Balaban J connectivity index is 1.29. The molecule has 5 heteroatoms. The SMILES string of the molecule is O=C(NCC1CCCCC1)c1ccccc1N1CCC(NC(=O)C2CCCCC2)CC1. The van der Waals surface area contributed by atoms with Crippen LogP contribution in [-0.4, -0.2) is 37.5 Å². The summed E-state index contributed by atoms with van der Waals surface area (Å²) >= 11 is 0. The average Bonchev–Trinajstić information content (AvgIpc) is 2.84. The van der Waals surface area contributed by atoms with Crippen molar-refractivity contribution in [3.63, 3.8) is 0 Å². The van der Waals surface area contributed by atoms with Crippen LogP contribution in [0.5, 0.6) is 0 Å². The lowest BCUT2D eigenvalue weighted by Gasteiger charge is -2.35. The zero-order valence-corrected chi connectivity index (χ0v) is 18.9. The fourth-order valence-electron chi connectivity index (χ4n) is 5.61. The Morgan fingerprint density at radius 2 is 1.48 bits per heavy atom. The molecule has 3 aliphatic rings. The summed E-state index contributed by atoms with van der Waals surface area (Å²) in [7, 11) is 0. The number of nitrogens with zero attached hydrogens (tertiary/aromatic N) is 1. The largest absolute Gasteiger partial charge is 0.371 e. The Morgan fingerprint density at radius 3 is 2.19 bits per heavy atom. The van der Waals surface area contributed by atoms with Gasteiger partial charge in [-0.1, -0.05) is 50.7 Å². The Labute approximate surface area is 187 Å². The zero-order valence-electron chi connectivity index (χ0n) is 18.9. The fourth-order valence-corrected chi connectivity index (χ4v) is 5.61. The molecule has 0 radical (unpaired) electrons. The summed E-state index contributed by atoms with van der Waals surface area (Å²) in [4.78, 5) is 27.8. The third-order valence-corrected chi connectivity index (χ3v) is 7.58. The molecule has 0 aromatic heterocycles. The van der Waals surface area contributed by atoms with Crippen LogP contribution in [-0.2, 0) is 4.79 Å². The molecule has 31 heavy (non-hydrogen) atoms. The number of para-hydroxylation sites is 1. The van der Waals surface area contributed by atoms with Gasteiger partial charge in [-0.15, -0.1) is 0 Å². The van der Waals surface area contributed by atoms with Crippen molar-refractivity contribution in [1.29, 1.82) is 0 Å². The van der Waals surface area contributed by atoms with E-state index < -0.39 is 0 Å². The van der Waals surface area contributed by atoms with E-state index in [9.17, 15) is 9.59 Å². The fraction of sp³-hybridized carbons (Fsp3) is 0.692. The Kier molecular flexibility index (Phi) is 7.87. The van der Waals surface area contributed by atoms with Crippen LogP contribution >= 0.6 is 0 Å². The van der Waals surface area contributed by atoms with Gasteiger partial charge in [-0.2, -0.15) is 0 Å². The third-order valence-electron chi connectivity index (χ3n) is 7.58. The highest BCUT2D eigenvalue weighted by Gasteiger charge is 2.27. The van der Waals surface area contributed by atoms with Crippen LogP contribution in [0.3, 0.4) is 0 Å². The van der Waals surface area contributed by atoms with Crippen molar-refractivity contribution in [2.45, 2.75) is 83.1 Å². The Morgan fingerprint density at radius 1 is 0.839 bits per heavy atom. The van der Waals surface area contributed by atoms with Gasteiger partial charge in [0.25, 0.3) is 5.91 Å². The van der Waals surface area contributed by atoms with Gasteiger partial charge in [-0.25, -0.2) is 0 Å². The molecule has 2 N–H and O–H groups in total. The van der Waals surface area contributed by atoms with E-state index in [1.165, 1.54) is 51.4 Å². The van der Waals surface area contributed by atoms with E-state index in [-0.39, 0.29) is 23.8 Å². The van der Waals surface area contributed by atoms with Crippen LogP contribution in [0, 0.1) is 11.8 Å². The molecule has 1 aliphatic heterocycles. The second-order valence-corrected chi connectivity index (χ2v) is 9.84. The molecule has 1 heterocycles. The highest BCUT2D eigenvalue weighted by atomic mass is 16.2. The predicted octanol–water partition coefficient (Wildman–Crippen LogP) is 4.66. The van der Waals surface area contributed by atoms with Gasteiger partial charge in [0.05, 0.1) is 5.56 Å². The highest BCUT2D eigenvalue weighted by Crippen LogP contribution is 2.27. The molecule has 0 spiro atoms. The van der Waals surface area contributed by atoms with Crippen molar-refractivity contribution in [2.24, 2.45) is 11.8 Å². The number of benzene rings is 1. The maximum absolute atomic E-state index is 12.9. The molecule has 0 atom stereocenters. The summed E-state index contributed by atoms with van der Waals surface area (Å²) in [5.41, 5.74) is 1.81. The van der Waals surface area contributed by atoms with Gasteiger partial charge < -0.3 is 15.5 Å². The van der Waals surface area contributed by atoms with Crippen molar-refractivity contribution in [2.75, 3.05) is 24.5 Å². The first kappa shape index (κ1) is 22.2. The molecule has 2 aliphatic carbocycles. The van der Waals surface area contributed by atoms with Crippen molar-refractivity contribution < 1.29 is 9.59 Å². The summed E-state index contributed by atoms with van der Waals surface area (Å²) in [5.74, 6) is 1.17. The summed E-state index contributed by atoms with van der Waals surface area (Å²) in [6, 6.07) is 8.25. The Bertz CT molecular complexity index is 730. The van der Waals surface area contributed by atoms with Crippen molar-refractivity contribution in [3.8, 4) is 0 Å². The molecule has 170 valence electrons. The van der Waals surface area contributed by atoms with E-state index in [4.69, 9.17) is 0 Å².